The fourth-order valence-corrected chi connectivity index (χ4v) is 6.81. The molecule has 1 heterocycles. The van der Waals surface area contributed by atoms with E-state index in [4.69, 9.17) is 4.42 Å². The smallest absolute Gasteiger partial charge is 0.135 e. The molecule has 9 rings (SSSR count). The molecule has 0 atom stereocenters. The van der Waals surface area contributed by atoms with E-state index in [0.29, 0.717) is 0 Å². The predicted molar refractivity (Wildman–Crippen MR) is 194 cm³/mol. The maximum atomic E-state index is 6.19. The Morgan fingerprint density at radius 1 is 0.326 bits per heavy atom. The lowest BCUT2D eigenvalue weighted by molar-refractivity contribution is 0.631. The zero-order valence-electron chi connectivity index (χ0n) is 25.1. The molecular formula is C44H29NO. The van der Waals surface area contributed by atoms with Crippen molar-refractivity contribution in [3.63, 3.8) is 0 Å². The Labute approximate surface area is 267 Å². The number of hydrogen-bond donors (Lipinski definition) is 0. The van der Waals surface area contributed by atoms with E-state index in [2.05, 4.69) is 163 Å². The molecule has 0 aliphatic heterocycles. The Morgan fingerprint density at radius 3 is 1.43 bits per heavy atom. The van der Waals surface area contributed by atoms with Crippen LogP contribution in [-0.2, 0) is 0 Å². The number of para-hydroxylation sites is 1. The standard InChI is InChI=1S/C44H29NO/c1-2-10-30(11-3-1)31-18-22-34(23-19-31)45(35-24-20-32(21-25-35)44-28-33-12-4-9-17-43(33)46-44)36-26-27-41-39-15-6-5-13-37(39)38-14-7-8-16-40(38)42(41)29-36/h1-29H. The molecule has 0 spiro atoms. The molecular weight excluding hydrogens is 558 g/mol. The van der Waals surface area contributed by atoms with E-state index >= 15 is 0 Å². The van der Waals surface area contributed by atoms with E-state index in [-0.39, 0.29) is 0 Å². The number of rotatable bonds is 5. The zero-order chi connectivity index (χ0) is 30.5. The number of furan rings is 1. The molecule has 2 nitrogen and oxygen atoms in total. The third kappa shape index (κ3) is 4.43. The van der Waals surface area contributed by atoms with Gasteiger partial charge >= 0.3 is 0 Å². The van der Waals surface area contributed by atoms with Gasteiger partial charge in [-0.15, -0.1) is 0 Å². The van der Waals surface area contributed by atoms with Crippen LogP contribution < -0.4 is 4.90 Å². The Balaban J connectivity index is 1.21. The van der Waals surface area contributed by atoms with Gasteiger partial charge in [-0.2, -0.15) is 0 Å². The van der Waals surface area contributed by atoms with Crippen LogP contribution in [0.4, 0.5) is 17.1 Å². The minimum absolute atomic E-state index is 0.871. The highest BCUT2D eigenvalue weighted by Crippen LogP contribution is 2.41. The van der Waals surface area contributed by atoms with Gasteiger partial charge in [-0.05, 0) is 104 Å². The van der Waals surface area contributed by atoms with Crippen LogP contribution in [0.2, 0.25) is 0 Å². The second kappa shape index (κ2) is 10.8. The van der Waals surface area contributed by atoms with Crippen LogP contribution in [0.3, 0.4) is 0 Å². The van der Waals surface area contributed by atoms with E-state index < -0.39 is 0 Å². The normalized spacial score (nSPS) is 11.5. The maximum Gasteiger partial charge on any atom is 0.135 e. The summed E-state index contributed by atoms with van der Waals surface area (Å²) in [5, 5.41) is 8.71. The highest BCUT2D eigenvalue weighted by atomic mass is 16.3. The summed E-state index contributed by atoms with van der Waals surface area (Å²) < 4.78 is 6.19. The first-order chi connectivity index (χ1) is 22.8. The number of anilines is 3. The van der Waals surface area contributed by atoms with Crippen molar-refractivity contribution >= 4 is 60.3 Å². The molecule has 216 valence electrons. The largest absolute Gasteiger partial charge is 0.456 e. The summed E-state index contributed by atoms with van der Waals surface area (Å²) in [6.45, 7) is 0. The van der Waals surface area contributed by atoms with Crippen molar-refractivity contribution in [2.75, 3.05) is 4.90 Å². The lowest BCUT2D eigenvalue weighted by Gasteiger charge is -2.26. The van der Waals surface area contributed by atoms with Gasteiger partial charge < -0.3 is 9.32 Å². The summed E-state index contributed by atoms with van der Waals surface area (Å²) in [5.41, 5.74) is 7.64. The summed E-state index contributed by atoms with van der Waals surface area (Å²) in [7, 11) is 0. The van der Waals surface area contributed by atoms with E-state index in [9.17, 15) is 0 Å². The lowest BCUT2D eigenvalue weighted by atomic mass is 9.94. The Morgan fingerprint density at radius 2 is 0.804 bits per heavy atom. The number of hydrogen-bond acceptors (Lipinski definition) is 2. The van der Waals surface area contributed by atoms with Crippen molar-refractivity contribution in [3.8, 4) is 22.5 Å². The molecule has 46 heavy (non-hydrogen) atoms. The van der Waals surface area contributed by atoms with Gasteiger partial charge in [0.15, 0.2) is 0 Å². The average Bonchev–Trinajstić information content (AvgIpc) is 3.57. The van der Waals surface area contributed by atoms with E-state index in [1.54, 1.807) is 0 Å². The predicted octanol–water partition coefficient (Wildman–Crippen LogP) is 12.7. The molecule has 0 fully saturated rings. The SMILES string of the molecule is c1ccc(-c2ccc(N(c3ccc(-c4cc5ccccc5o4)cc3)c3ccc4c5ccccc5c5ccccc5c4c3)cc2)cc1. The van der Waals surface area contributed by atoms with Crippen molar-refractivity contribution in [3.05, 3.63) is 176 Å². The second-order valence-electron chi connectivity index (χ2n) is 11.8. The van der Waals surface area contributed by atoms with Crippen LogP contribution in [0.15, 0.2) is 180 Å². The molecule has 0 aliphatic rings. The molecule has 0 bridgehead atoms. The van der Waals surface area contributed by atoms with Gasteiger partial charge in [0.05, 0.1) is 0 Å². The molecule has 9 aromatic rings. The molecule has 0 N–H and O–H groups in total. The molecule has 0 aliphatic carbocycles. The first kappa shape index (κ1) is 26.3. The molecule has 0 saturated heterocycles. The monoisotopic (exact) mass is 587 g/mol. The van der Waals surface area contributed by atoms with Gasteiger partial charge in [-0.3, -0.25) is 0 Å². The number of fused-ring (bicyclic) bond motifs is 7. The van der Waals surface area contributed by atoms with Gasteiger partial charge in [0.1, 0.15) is 11.3 Å². The topological polar surface area (TPSA) is 16.4 Å². The van der Waals surface area contributed by atoms with Crippen LogP contribution >= 0.6 is 0 Å². The summed E-state index contributed by atoms with van der Waals surface area (Å²) in [5.74, 6) is 0.871. The molecule has 0 unspecified atom stereocenters. The van der Waals surface area contributed by atoms with Crippen molar-refractivity contribution < 1.29 is 4.42 Å². The Kier molecular flexibility index (Phi) is 6.17. The molecule has 0 amide bonds. The number of benzene rings is 8. The van der Waals surface area contributed by atoms with Crippen LogP contribution in [0.1, 0.15) is 0 Å². The van der Waals surface area contributed by atoms with Crippen molar-refractivity contribution in [1.82, 2.24) is 0 Å². The van der Waals surface area contributed by atoms with Gasteiger partial charge in [0.25, 0.3) is 0 Å². The van der Waals surface area contributed by atoms with Crippen molar-refractivity contribution in [2.45, 2.75) is 0 Å². The summed E-state index contributed by atoms with van der Waals surface area (Å²) in [6.07, 6.45) is 0. The third-order valence-corrected chi connectivity index (χ3v) is 9.05. The maximum absolute atomic E-state index is 6.19. The first-order valence-corrected chi connectivity index (χ1v) is 15.7. The number of nitrogens with zero attached hydrogens (tertiary/aromatic N) is 1. The lowest BCUT2D eigenvalue weighted by Crippen LogP contribution is -2.10. The van der Waals surface area contributed by atoms with Crippen LogP contribution in [0.25, 0.3) is 65.7 Å². The highest BCUT2D eigenvalue weighted by molar-refractivity contribution is 6.25. The summed E-state index contributed by atoms with van der Waals surface area (Å²) in [6, 6.07) is 62.7. The first-order valence-electron chi connectivity index (χ1n) is 15.7. The van der Waals surface area contributed by atoms with Crippen molar-refractivity contribution in [1.29, 1.82) is 0 Å². The van der Waals surface area contributed by atoms with Gasteiger partial charge in [-0.1, -0.05) is 115 Å². The third-order valence-electron chi connectivity index (χ3n) is 9.05. The zero-order valence-corrected chi connectivity index (χ0v) is 25.1. The Bertz CT molecular complexity index is 2440. The molecule has 8 aromatic carbocycles. The summed E-state index contributed by atoms with van der Waals surface area (Å²) >= 11 is 0. The van der Waals surface area contributed by atoms with Gasteiger partial charge in [-0.25, -0.2) is 0 Å². The van der Waals surface area contributed by atoms with Gasteiger partial charge in [0, 0.05) is 28.0 Å². The summed E-state index contributed by atoms with van der Waals surface area (Å²) in [4.78, 5) is 2.35. The minimum Gasteiger partial charge on any atom is -0.456 e. The average molecular weight is 588 g/mol. The second-order valence-corrected chi connectivity index (χ2v) is 11.8. The fraction of sp³-hybridized carbons (Fsp3) is 0. The minimum atomic E-state index is 0.871. The van der Waals surface area contributed by atoms with Crippen LogP contribution in [0, 0.1) is 0 Å². The molecule has 0 radical (unpaired) electrons. The van der Waals surface area contributed by atoms with E-state index in [1.807, 2.05) is 18.2 Å². The quantitative estimate of drug-likeness (QED) is 0.186. The van der Waals surface area contributed by atoms with Gasteiger partial charge in [0.2, 0.25) is 0 Å². The highest BCUT2D eigenvalue weighted by Gasteiger charge is 2.16. The van der Waals surface area contributed by atoms with Crippen LogP contribution in [0.5, 0.6) is 0 Å². The van der Waals surface area contributed by atoms with Crippen LogP contribution in [-0.4, -0.2) is 0 Å². The molecule has 2 heteroatoms. The van der Waals surface area contributed by atoms with E-state index in [1.165, 1.54) is 43.4 Å². The van der Waals surface area contributed by atoms with Crippen molar-refractivity contribution in [2.24, 2.45) is 0 Å². The van der Waals surface area contributed by atoms with E-state index in [0.717, 1.165) is 39.4 Å². The Hall–Kier alpha value is -6.12. The molecule has 0 saturated carbocycles. The fourth-order valence-electron chi connectivity index (χ4n) is 6.81. The molecule has 1 aromatic heterocycles.